The van der Waals surface area contributed by atoms with Crippen LogP contribution < -0.4 is 0 Å². The molecule has 7 heteroatoms. The first-order valence-corrected chi connectivity index (χ1v) is 9.77. The highest BCUT2D eigenvalue weighted by atomic mass is 16.5. The first-order valence-electron chi connectivity index (χ1n) is 9.77. The van der Waals surface area contributed by atoms with Gasteiger partial charge in [0.1, 0.15) is 0 Å². The summed E-state index contributed by atoms with van der Waals surface area (Å²) >= 11 is 0. The molecule has 1 saturated heterocycles. The van der Waals surface area contributed by atoms with Crippen LogP contribution in [0, 0.1) is 6.92 Å². The molecule has 0 N–H and O–H groups in total. The molecule has 1 aliphatic rings. The molecule has 0 unspecified atom stereocenters. The van der Waals surface area contributed by atoms with Crippen LogP contribution in [-0.2, 0) is 4.74 Å². The zero-order valence-electron chi connectivity index (χ0n) is 17.0. The molecule has 2 aromatic rings. The number of fused-ring (bicyclic) bond motifs is 1. The third-order valence-corrected chi connectivity index (χ3v) is 4.90. The minimum atomic E-state index is 0.0358. The fraction of sp³-hybridized carbons (Fsp3) is 0.650. The first kappa shape index (κ1) is 19.8. The second-order valence-corrected chi connectivity index (χ2v) is 7.77. The largest absolute Gasteiger partial charge is 0.377 e. The summed E-state index contributed by atoms with van der Waals surface area (Å²) in [5, 5.41) is 4.91. The Morgan fingerprint density at radius 3 is 2.56 bits per heavy atom. The number of nitrogens with zero attached hydrogens (tertiary/aromatic N) is 4. The van der Waals surface area contributed by atoms with Crippen molar-refractivity contribution in [2.75, 3.05) is 39.3 Å². The van der Waals surface area contributed by atoms with E-state index in [1.807, 2.05) is 45.6 Å². The van der Waals surface area contributed by atoms with Gasteiger partial charge < -0.3 is 14.2 Å². The van der Waals surface area contributed by atoms with Crippen molar-refractivity contribution in [2.45, 2.75) is 46.6 Å². The second kappa shape index (κ2) is 8.35. The molecule has 0 atom stereocenters. The van der Waals surface area contributed by atoms with Gasteiger partial charge in [0.05, 0.1) is 29.4 Å². The Bertz CT molecular complexity index is 792. The molecule has 0 aliphatic carbocycles. The number of rotatable bonds is 6. The molecular weight excluding hydrogens is 344 g/mol. The molecule has 1 fully saturated rings. The maximum Gasteiger partial charge on any atom is 0.259 e. The lowest BCUT2D eigenvalue weighted by molar-refractivity contribution is 0.0407. The molecular formula is C20H30N4O3. The van der Waals surface area contributed by atoms with E-state index in [0.29, 0.717) is 24.4 Å². The Morgan fingerprint density at radius 1 is 1.22 bits per heavy atom. The quantitative estimate of drug-likeness (QED) is 0.774. The minimum absolute atomic E-state index is 0.0358. The highest BCUT2D eigenvalue weighted by molar-refractivity contribution is 6.06. The molecule has 148 valence electrons. The van der Waals surface area contributed by atoms with Gasteiger partial charge in [-0.05, 0) is 32.8 Å². The van der Waals surface area contributed by atoms with Crippen LogP contribution in [0.3, 0.4) is 0 Å². The van der Waals surface area contributed by atoms with E-state index in [9.17, 15) is 4.79 Å². The van der Waals surface area contributed by atoms with Gasteiger partial charge in [-0.25, -0.2) is 4.98 Å². The number of carbonyl (C=O) groups excluding carboxylic acids is 1. The average molecular weight is 374 g/mol. The third-order valence-electron chi connectivity index (χ3n) is 4.90. The van der Waals surface area contributed by atoms with Crippen molar-refractivity contribution in [1.82, 2.24) is 19.9 Å². The molecule has 0 aromatic carbocycles. The smallest absolute Gasteiger partial charge is 0.259 e. The van der Waals surface area contributed by atoms with Gasteiger partial charge in [-0.1, -0.05) is 19.0 Å². The average Bonchev–Trinajstić information content (AvgIpc) is 3.04. The lowest BCUT2D eigenvalue weighted by Gasteiger charge is -2.35. The highest BCUT2D eigenvalue weighted by Crippen LogP contribution is 2.28. The monoisotopic (exact) mass is 374 g/mol. The van der Waals surface area contributed by atoms with E-state index < -0.39 is 0 Å². The van der Waals surface area contributed by atoms with E-state index in [4.69, 9.17) is 9.26 Å². The molecule has 0 spiro atoms. The van der Waals surface area contributed by atoms with Crippen LogP contribution >= 0.6 is 0 Å². The zero-order valence-corrected chi connectivity index (χ0v) is 17.0. The molecule has 3 heterocycles. The molecule has 0 bridgehead atoms. The van der Waals surface area contributed by atoms with Crippen LogP contribution in [0.5, 0.6) is 0 Å². The number of aryl methyl sites for hydroxylation is 1. The number of piperazine rings is 1. The van der Waals surface area contributed by atoms with Crippen molar-refractivity contribution in [1.29, 1.82) is 0 Å². The Kier molecular flexibility index (Phi) is 6.11. The molecule has 0 saturated carbocycles. The van der Waals surface area contributed by atoms with Crippen LogP contribution in [0.2, 0.25) is 0 Å². The van der Waals surface area contributed by atoms with Crippen LogP contribution in [0.15, 0.2) is 10.6 Å². The summed E-state index contributed by atoms with van der Waals surface area (Å²) in [7, 11) is 0. The first-order chi connectivity index (χ1) is 12.9. The van der Waals surface area contributed by atoms with E-state index >= 15 is 0 Å². The number of aromatic nitrogens is 2. The number of amides is 1. The van der Waals surface area contributed by atoms with Gasteiger partial charge in [-0.2, -0.15) is 0 Å². The van der Waals surface area contributed by atoms with Gasteiger partial charge in [0.2, 0.25) is 0 Å². The summed E-state index contributed by atoms with van der Waals surface area (Å²) in [5.41, 5.74) is 2.66. The topological polar surface area (TPSA) is 71.7 Å². The predicted molar refractivity (Wildman–Crippen MR) is 104 cm³/mol. The highest BCUT2D eigenvalue weighted by Gasteiger charge is 2.27. The Labute approximate surface area is 160 Å². The second-order valence-electron chi connectivity index (χ2n) is 7.77. The van der Waals surface area contributed by atoms with Crippen molar-refractivity contribution >= 4 is 17.0 Å². The molecule has 0 radical (unpaired) electrons. The van der Waals surface area contributed by atoms with Gasteiger partial charge in [-0.15, -0.1) is 0 Å². The molecule has 3 rings (SSSR count). The molecule has 2 aromatic heterocycles. The standard InChI is InChI=1S/C20H30N4O3/c1-13(2)18-17-16(12-15(5)21-19(17)27-22-18)20(25)24-8-6-23(7-9-24)10-11-26-14(3)4/h12-14H,6-11H2,1-5H3. The molecule has 27 heavy (non-hydrogen) atoms. The maximum absolute atomic E-state index is 13.2. The zero-order chi connectivity index (χ0) is 19.6. The van der Waals surface area contributed by atoms with Gasteiger partial charge in [0.25, 0.3) is 11.6 Å². The Balaban J connectivity index is 1.73. The van der Waals surface area contributed by atoms with Crippen LogP contribution in [0.1, 0.15) is 55.4 Å². The molecule has 1 aliphatic heterocycles. The number of ether oxygens (including phenoxy) is 1. The lowest BCUT2D eigenvalue weighted by atomic mass is 10.0. The Morgan fingerprint density at radius 2 is 1.93 bits per heavy atom. The van der Waals surface area contributed by atoms with E-state index in [-0.39, 0.29) is 17.9 Å². The fourth-order valence-corrected chi connectivity index (χ4v) is 3.42. The van der Waals surface area contributed by atoms with Gasteiger partial charge in [0.15, 0.2) is 0 Å². The summed E-state index contributed by atoms with van der Waals surface area (Å²) in [6.45, 7) is 14.8. The van der Waals surface area contributed by atoms with Gasteiger partial charge in [0, 0.05) is 38.4 Å². The van der Waals surface area contributed by atoms with Crippen LogP contribution in [0.4, 0.5) is 0 Å². The number of pyridine rings is 1. The number of hydrogen-bond donors (Lipinski definition) is 0. The van der Waals surface area contributed by atoms with E-state index in [1.54, 1.807) is 0 Å². The minimum Gasteiger partial charge on any atom is -0.377 e. The summed E-state index contributed by atoms with van der Waals surface area (Å²) in [6, 6.07) is 1.86. The van der Waals surface area contributed by atoms with E-state index in [0.717, 1.165) is 43.0 Å². The molecule has 7 nitrogen and oxygen atoms in total. The Hall–Kier alpha value is -1.99. The van der Waals surface area contributed by atoms with Crippen molar-refractivity contribution in [3.63, 3.8) is 0 Å². The maximum atomic E-state index is 13.2. The van der Waals surface area contributed by atoms with Crippen molar-refractivity contribution < 1.29 is 14.1 Å². The van der Waals surface area contributed by atoms with Gasteiger partial charge in [-0.3, -0.25) is 9.69 Å². The number of hydrogen-bond acceptors (Lipinski definition) is 6. The van der Waals surface area contributed by atoms with E-state index in [1.165, 1.54) is 0 Å². The summed E-state index contributed by atoms with van der Waals surface area (Å²) in [5.74, 6) is 0.203. The van der Waals surface area contributed by atoms with Gasteiger partial charge >= 0.3 is 0 Å². The number of carbonyl (C=O) groups is 1. The van der Waals surface area contributed by atoms with E-state index in [2.05, 4.69) is 15.0 Å². The summed E-state index contributed by atoms with van der Waals surface area (Å²) in [4.78, 5) is 21.9. The lowest BCUT2D eigenvalue weighted by Crippen LogP contribution is -2.49. The SMILES string of the molecule is Cc1cc(C(=O)N2CCN(CCOC(C)C)CC2)c2c(C(C)C)noc2n1. The van der Waals surface area contributed by atoms with Crippen molar-refractivity contribution in [3.8, 4) is 0 Å². The van der Waals surface area contributed by atoms with Crippen molar-refractivity contribution in [2.24, 2.45) is 0 Å². The van der Waals surface area contributed by atoms with Crippen LogP contribution in [0.25, 0.3) is 11.1 Å². The predicted octanol–water partition coefficient (Wildman–Crippen LogP) is 2.84. The third kappa shape index (κ3) is 4.47. The fourth-order valence-electron chi connectivity index (χ4n) is 3.42. The van der Waals surface area contributed by atoms with Crippen molar-refractivity contribution in [3.05, 3.63) is 23.0 Å². The van der Waals surface area contributed by atoms with Crippen LogP contribution in [-0.4, -0.2) is 71.3 Å². The molecule has 1 amide bonds. The summed E-state index contributed by atoms with van der Waals surface area (Å²) < 4.78 is 11.0. The summed E-state index contributed by atoms with van der Waals surface area (Å²) in [6.07, 6.45) is 0.254. The normalized spacial score (nSPS) is 16.0.